The van der Waals surface area contributed by atoms with Gasteiger partial charge in [-0.25, -0.2) is 0 Å². The molecule has 2 atom stereocenters. The predicted molar refractivity (Wildman–Crippen MR) is 87.2 cm³/mol. The van der Waals surface area contributed by atoms with Gasteiger partial charge < -0.3 is 10.6 Å². The highest BCUT2D eigenvalue weighted by Gasteiger charge is 2.31. The summed E-state index contributed by atoms with van der Waals surface area (Å²) >= 11 is 1.89. The molecule has 4 nitrogen and oxygen atoms in total. The summed E-state index contributed by atoms with van der Waals surface area (Å²) in [7, 11) is 1.85. The maximum absolute atomic E-state index is 4.32. The minimum absolute atomic E-state index is 0.508. The largest absolute Gasteiger partial charge is 0.356 e. The van der Waals surface area contributed by atoms with Gasteiger partial charge in [0.25, 0.3) is 0 Å². The fourth-order valence-corrected chi connectivity index (χ4v) is 2.84. The van der Waals surface area contributed by atoms with Crippen molar-refractivity contribution in [2.45, 2.75) is 39.3 Å². The molecule has 0 saturated carbocycles. The van der Waals surface area contributed by atoms with Crippen LogP contribution in [0.1, 0.15) is 27.2 Å². The summed E-state index contributed by atoms with van der Waals surface area (Å²) in [6.07, 6.45) is 3.33. The van der Waals surface area contributed by atoms with Crippen molar-refractivity contribution in [3.8, 4) is 0 Å². The number of nitrogens with one attached hydrogen (secondary N) is 2. The van der Waals surface area contributed by atoms with Crippen molar-refractivity contribution in [1.82, 2.24) is 15.5 Å². The van der Waals surface area contributed by atoms with E-state index in [0.717, 1.165) is 19.0 Å². The first-order valence-electron chi connectivity index (χ1n) is 7.28. The van der Waals surface area contributed by atoms with Gasteiger partial charge >= 0.3 is 0 Å². The molecule has 5 heteroatoms. The lowest BCUT2D eigenvalue weighted by Crippen LogP contribution is -2.47. The fourth-order valence-electron chi connectivity index (χ4n) is 2.41. The third-order valence-electron chi connectivity index (χ3n) is 3.73. The standard InChI is InChI=1S/C14H30N4S/c1-11(2)18-9-12(3)13(10-18)17-14(15-4)16-7-6-8-19-5/h11-13H,6-10H2,1-5H3,(H2,15,16,17). The van der Waals surface area contributed by atoms with Crippen molar-refractivity contribution < 1.29 is 0 Å². The number of likely N-dealkylation sites (tertiary alicyclic amines) is 1. The summed E-state index contributed by atoms with van der Waals surface area (Å²) in [5.74, 6) is 2.82. The fraction of sp³-hybridized carbons (Fsp3) is 0.929. The second kappa shape index (κ2) is 8.69. The maximum Gasteiger partial charge on any atom is 0.191 e. The Hall–Kier alpha value is -0.420. The second-order valence-corrected chi connectivity index (χ2v) is 6.61. The first-order chi connectivity index (χ1) is 9.08. The molecule has 0 aromatic rings. The van der Waals surface area contributed by atoms with Gasteiger partial charge in [-0.2, -0.15) is 11.8 Å². The summed E-state index contributed by atoms with van der Waals surface area (Å²) in [6.45, 7) is 10.1. The summed E-state index contributed by atoms with van der Waals surface area (Å²) in [5.41, 5.74) is 0. The van der Waals surface area contributed by atoms with Gasteiger partial charge in [0.2, 0.25) is 0 Å². The van der Waals surface area contributed by atoms with Crippen molar-refractivity contribution in [2.24, 2.45) is 10.9 Å². The Balaban J connectivity index is 2.35. The van der Waals surface area contributed by atoms with Crippen LogP contribution in [-0.4, -0.2) is 61.6 Å². The molecule has 0 aliphatic carbocycles. The lowest BCUT2D eigenvalue weighted by Gasteiger charge is -2.21. The van der Waals surface area contributed by atoms with Crippen LogP contribution in [0.3, 0.4) is 0 Å². The molecule has 0 radical (unpaired) electrons. The third-order valence-corrected chi connectivity index (χ3v) is 4.43. The molecule has 1 rings (SSSR count). The van der Waals surface area contributed by atoms with E-state index in [2.05, 4.69) is 47.6 Å². The molecule has 0 bridgehead atoms. The Morgan fingerprint density at radius 2 is 2.16 bits per heavy atom. The van der Waals surface area contributed by atoms with Crippen LogP contribution in [0, 0.1) is 5.92 Å². The van der Waals surface area contributed by atoms with Gasteiger partial charge in [-0.15, -0.1) is 0 Å². The smallest absolute Gasteiger partial charge is 0.191 e. The molecule has 1 heterocycles. The predicted octanol–water partition coefficient (Wildman–Crippen LogP) is 1.63. The molecule has 19 heavy (non-hydrogen) atoms. The molecule has 112 valence electrons. The topological polar surface area (TPSA) is 39.7 Å². The quantitative estimate of drug-likeness (QED) is 0.442. The normalized spacial score (nSPS) is 25.1. The zero-order valence-corrected chi connectivity index (χ0v) is 13.9. The van der Waals surface area contributed by atoms with Crippen LogP contribution < -0.4 is 10.6 Å². The van der Waals surface area contributed by atoms with Crippen LogP contribution in [0.4, 0.5) is 0 Å². The number of hydrogen-bond acceptors (Lipinski definition) is 3. The van der Waals surface area contributed by atoms with E-state index < -0.39 is 0 Å². The average Bonchev–Trinajstić information content (AvgIpc) is 2.75. The van der Waals surface area contributed by atoms with Crippen molar-refractivity contribution in [1.29, 1.82) is 0 Å². The van der Waals surface area contributed by atoms with E-state index in [-0.39, 0.29) is 0 Å². The summed E-state index contributed by atoms with van der Waals surface area (Å²) in [4.78, 5) is 6.85. The summed E-state index contributed by atoms with van der Waals surface area (Å²) < 4.78 is 0. The van der Waals surface area contributed by atoms with E-state index in [1.54, 1.807) is 0 Å². The minimum Gasteiger partial charge on any atom is -0.356 e. The number of guanidine groups is 1. The van der Waals surface area contributed by atoms with Crippen molar-refractivity contribution in [3.63, 3.8) is 0 Å². The number of rotatable bonds is 6. The monoisotopic (exact) mass is 286 g/mol. The SMILES string of the molecule is CN=C(NCCCSC)NC1CN(C(C)C)CC1C. The first-order valence-corrected chi connectivity index (χ1v) is 8.68. The zero-order chi connectivity index (χ0) is 14.3. The van der Waals surface area contributed by atoms with Crippen LogP contribution in [0.2, 0.25) is 0 Å². The van der Waals surface area contributed by atoms with E-state index >= 15 is 0 Å². The van der Waals surface area contributed by atoms with E-state index in [4.69, 9.17) is 0 Å². The average molecular weight is 286 g/mol. The molecule has 0 aromatic heterocycles. The highest BCUT2D eigenvalue weighted by Crippen LogP contribution is 2.18. The zero-order valence-electron chi connectivity index (χ0n) is 13.1. The lowest BCUT2D eigenvalue weighted by atomic mass is 10.1. The van der Waals surface area contributed by atoms with E-state index in [9.17, 15) is 0 Å². The van der Waals surface area contributed by atoms with Gasteiger partial charge in [0.1, 0.15) is 0 Å². The highest BCUT2D eigenvalue weighted by atomic mass is 32.2. The van der Waals surface area contributed by atoms with Crippen molar-refractivity contribution in [2.75, 3.05) is 38.7 Å². The molecule has 1 fully saturated rings. The molecule has 1 aliphatic rings. The Morgan fingerprint density at radius 1 is 1.42 bits per heavy atom. The van der Waals surface area contributed by atoms with E-state index in [0.29, 0.717) is 18.0 Å². The van der Waals surface area contributed by atoms with E-state index in [1.165, 1.54) is 18.7 Å². The molecule has 1 aliphatic heterocycles. The first kappa shape index (κ1) is 16.6. The molecule has 0 spiro atoms. The van der Waals surface area contributed by atoms with Gasteiger partial charge in [0, 0.05) is 38.8 Å². The molecule has 2 N–H and O–H groups in total. The van der Waals surface area contributed by atoms with Crippen LogP contribution in [0.5, 0.6) is 0 Å². The molecular formula is C14H30N4S. The molecule has 1 saturated heterocycles. The Labute approximate surface area is 122 Å². The molecule has 0 amide bonds. The number of nitrogens with zero attached hydrogens (tertiary/aromatic N) is 2. The van der Waals surface area contributed by atoms with E-state index in [1.807, 2.05) is 18.8 Å². The van der Waals surface area contributed by atoms with Crippen LogP contribution >= 0.6 is 11.8 Å². The number of thioether (sulfide) groups is 1. The Morgan fingerprint density at radius 3 is 2.68 bits per heavy atom. The molecular weight excluding hydrogens is 256 g/mol. The van der Waals surface area contributed by atoms with Gasteiger partial charge in [-0.05, 0) is 38.2 Å². The van der Waals surface area contributed by atoms with Gasteiger partial charge in [-0.3, -0.25) is 9.89 Å². The van der Waals surface area contributed by atoms with Gasteiger partial charge in [0.05, 0.1) is 0 Å². The lowest BCUT2D eigenvalue weighted by molar-refractivity contribution is 0.265. The highest BCUT2D eigenvalue weighted by molar-refractivity contribution is 7.98. The third kappa shape index (κ3) is 5.61. The number of aliphatic imine (C=N–C) groups is 1. The van der Waals surface area contributed by atoms with Crippen LogP contribution in [0.25, 0.3) is 0 Å². The van der Waals surface area contributed by atoms with Gasteiger partial charge in [-0.1, -0.05) is 6.92 Å². The molecule has 0 aromatic carbocycles. The van der Waals surface area contributed by atoms with Crippen LogP contribution in [0.15, 0.2) is 4.99 Å². The second-order valence-electron chi connectivity index (χ2n) is 5.62. The Bertz CT molecular complexity index is 281. The van der Waals surface area contributed by atoms with Crippen LogP contribution in [-0.2, 0) is 0 Å². The number of hydrogen-bond donors (Lipinski definition) is 2. The summed E-state index contributed by atoms with van der Waals surface area (Å²) in [5, 5.41) is 6.97. The molecule has 2 unspecified atom stereocenters. The van der Waals surface area contributed by atoms with Crippen molar-refractivity contribution >= 4 is 17.7 Å². The summed E-state index contributed by atoms with van der Waals surface area (Å²) in [6, 6.07) is 1.14. The van der Waals surface area contributed by atoms with Gasteiger partial charge in [0.15, 0.2) is 5.96 Å². The Kier molecular flexibility index (Phi) is 7.61. The van der Waals surface area contributed by atoms with Crippen molar-refractivity contribution in [3.05, 3.63) is 0 Å². The minimum atomic E-state index is 0.508. The maximum atomic E-state index is 4.32.